The molecule has 0 atom stereocenters. The van der Waals surface area contributed by atoms with Crippen molar-refractivity contribution in [3.8, 4) is 0 Å². The van der Waals surface area contributed by atoms with E-state index in [4.69, 9.17) is 0 Å². The Morgan fingerprint density at radius 1 is 0.673 bits per heavy atom. The Morgan fingerprint density at radius 2 is 1.29 bits per heavy atom. The third-order valence-electron chi connectivity index (χ3n) is 9.07. The first kappa shape index (κ1) is 37.1. The van der Waals surface area contributed by atoms with Crippen molar-refractivity contribution >= 4 is 34.3 Å². The average Bonchev–Trinajstić information content (AvgIpc) is 3.98. The lowest BCUT2D eigenvalue weighted by Crippen LogP contribution is -2.10. The van der Waals surface area contributed by atoms with E-state index in [1.165, 1.54) is 33.4 Å². The second-order valence-corrected chi connectivity index (χ2v) is 12.3. The van der Waals surface area contributed by atoms with Gasteiger partial charge in [0.1, 0.15) is 0 Å². The molecule has 258 valence electrons. The number of allylic oxidation sites excluding steroid dienone is 25. The molecule has 0 saturated heterocycles. The summed E-state index contributed by atoms with van der Waals surface area (Å²) >= 11 is 0. The summed E-state index contributed by atoms with van der Waals surface area (Å²) in [6, 6.07) is 26.3. The lowest BCUT2D eigenvalue weighted by Gasteiger charge is -2.26. The van der Waals surface area contributed by atoms with E-state index < -0.39 is 0 Å². The van der Waals surface area contributed by atoms with Gasteiger partial charge in [0.05, 0.1) is 0 Å². The normalized spacial score (nSPS) is 16.8. The van der Waals surface area contributed by atoms with Gasteiger partial charge in [-0.1, -0.05) is 179 Å². The van der Waals surface area contributed by atoms with Crippen molar-refractivity contribution in [2.24, 2.45) is 0 Å². The molecule has 52 heavy (non-hydrogen) atoms. The molecule has 0 bridgehead atoms. The molecule has 0 spiro atoms. The van der Waals surface area contributed by atoms with E-state index in [9.17, 15) is 0 Å². The summed E-state index contributed by atoms with van der Waals surface area (Å²) in [6.45, 7) is 16.3. The number of hydrogen-bond acceptors (Lipinski definition) is 1. The van der Waals surface area contributed by atoms with E-state index >= 15 is 0 Å². The molecule has 0 aliphatic heterocycles. The number of hydrogen-bond donors (Lipinski definition) is 0. The average molecular weight is 676 g/mol. The largest absolute Gasteiger partial charge is 0.311 e. The van der Waals surface area contributed by atoms with Gasteiger partial charge in [-0.15, -0.1) is 0 Å². The lowest BCUT2D eigenvalue weighted by molar-refractivity contribution is 1.28. The van der Waals surface area contributed by atoms with Crippen LogP contribution in [0.15, 0.2) is 223 Å². The highest BCUT2D eigenvalue weighted by Crippen LogP contribution is 2.36. The van der Waals surface area contributed by atoms with Gasteiger partial charge in [-0.05, 0) is 112 Å². The molecule has 0 aromatic heterocycles. The Bertz CT molecular complexity index is 2120. The molecule has 3 aliphatic carbocycles. The fourth-order valence-corrected chi connectivity index (χ4v) is 6.15. The van der Waals surface area contributed by atoms with Gasteiger partial charge in [0, 0.05) is 17.1 Å². The molecule has 0 saturated carbocycles. The molecule has 3 aromatic rings. The van der Waals surface area contributed by atoms with Crippen molar-refractivity contribution in [1.29, 1.82) is 0 Å². The maximum Gasteiger partial charge on any atom is 0.0462 e. The van der Waals surface area contributed by atoms with E-state index in [-0.39, 0.29) is 0 Å². The van der Waals surface area contributed by atoms with Gasteiger partial charge in [-0.2, -0.15) is 0 Å². The van der Waals surface area contributed by atoms with Crippen LogP contribution in [0.2, 0.25) is 0 Å². The van der Waals surface area contributed by atoms with Gasteiger partial charge < -0.3 is 4.90 Å². The summed E-state index contributed by atoms with van der Waals surface area (Å²) in [5.74, 6) is 0. The molecule has 1 heteroatoms. The maximum atomic E-state index is 4.10. The molecular weight excluding hydrogens is 627 g/mol. The molecule has 3 aliphatic rings. The van der Waals surface area contributed by atoms with E-state index in [0.29, 0.717) is 0 Å². The van der Waals surface area contributed by atoms with Gasteiger partial charge in [0.2, 0.25) is 0 Å². The van der Waals surface area contributed by atoms with Gasteiger partial charge in [0.25, 0.3) is 0 Å². The van der Waals surface area contributed by atoms with Crippen LogP contribution in [0.3, 0.4) is 0 Å². The predicted molar refractivity (Wildman–Crippen MR) is 231 cm³/mol. The minimum atomic E-state index is 0.994. The van der Waals surface area contributed by atoms with E-state index in [2.05, 4.69) is 208 Å². The van der Waals surface area contributed by atoms with Gasteiger partial charge in [0.15, 0.2) is 0 Å². The molecule has 0 unspecified atom stereocenters. The lowest BCUT2D eigenvalue weighted by atomic mass is 10.0. The first-order valence-corrected chi connectivity index (χ1v) is 18.2. The third-order valence-corrected chi connectivity index (χ3v) is 9.07. The molecule has 0 radical (unpaired) electrons. The topological polar surface area (TPSA) is 3.24 Å². The van der Waals surface area contributed by atoms with Crippen molar-refractivity contribution in [1.82, 2.24) is 0 Å². The predicted octanol–water partition coefficient (Wildman–Crippen LogP) is 14.7. The molecule has 6 rings (SSSR count). The summed E-state index contributed by atoms with van der Waals surface area (Å²) in [6.07, 6.45) is 41.2. The zero-order chi connectivity index (χ0) is 36.7. The summed E-state index contributed by atoms with van der Waals surface area (Å²) in [5.41, 5.74) is 15.1. The van der Waals surface area contributed by atoms with Crippen LogP contribution in [0, 0.1) is 0 Å². The van der Waals surface area contributed by atoms with Crippen molar-refractivity contribution < 1.29 is 0 Å². The highest BCUT2D eigenvalue weighted by Gasteiger charge is 2.14. The van der Waals surface area contributed by atoms with Gasteiger partial charge >= 0.3 is 0 Å². The van der Waals surface area contributed by atoms with Crippen molar-refractivity contribution in [2.45, 2.75) is 34.1 Å². The number of rotatable bonds is 12. The highest BCUT2D eigenvalue weighted by molar-refractivity contribution is 5.82. The minimum absolute atomic E-state index is 0.994. The summed E-state index contributed by atoms with van der Waals surface area (Å²) in [4.78, 5) is 2.31. The monoisotopic (exact) mass is 675 g/mol. The molecule has 0 heterocycles. The summed E-state index contributed by atoms with van der Waals surface area (Å²) in [5, 5.41) is 0. The van der Waals surface area contributed by atoms with Crippen molar-refractivity contribution in [2.75, 3.05) is 4.90 Å². The zero-order valence-electron chi connectivity index (χ0n) is 31.0. The molecule has 3 aromatic carbocycles. The maximum absolute atomic E-state index is 4.10. The van der Waals surface area contributed by atoms with E-state index in [1.54, 1.807) is 0 Å². The Kier molecular flexibility index (Phi) is 13.3. The minimum Gasteiger partial charge on any atom is -0.311 e. The Hall–Kier alpha value is -6.18. The summed E-state index contributed by atoms with van der Waals surface area (Å²) in [7, 11) is 0. The first-order valence-electron chi connectivity index (χ1n) is 18.2. The second-order valence-electron chi connectivity index (χ2n) is 12.3. The third kappa shape index (κ3) is 9.33. The quantitative estimate of drug-likeness (QED) is 0.173. The van der Waals surface area contributed by atoms with E-state index in [1.807, 2.05) is 26.0 Å². The van der Waals surface area contributed by atoms with Crippen LogP contribution in [-0.2, 0) is 0 Å². The first-order chi connectivity index (χ1) is 25.6. The van der Waals surface area contributed by atoms with Crippen LogP contribution < -0.4 is 4.90 Å². The smallest absolute Gasteiger partial charge is 0.0462 e. The SMILES string of the molecule is C=CC1=CC=C/C1=C/C=C/c1ccc(N(c2ccc(/C(C=C)=C/C=C3/C=CC=C3C)cc2)c2ccc(C(/C=C\C3=CC=CC3)=C/C)cc2)cc1.CC. The standard InChI is InChI=1S/C49H43N.C2H6/c1-5-40-17-12-20-44(40)19-11-16-39-22-31-47(32-23-39)50(48-33-27-45(28-34-48)41(6-2)24-21-38-14-8-9-15-38)49-35-29-46(30-36-49)42(7-3)25-26-43-18-10-13-37(43)4;1-2/h5-14,16-36H,1,3,15H2,2,4H3;1-2H3/b16-11+,24-21-,41-6+,42-25+,43-26-,44-19-;. The Balaban J connectivity index is 0.00000257. The fraction of sp³-hybridized carbons (Fsp3) is 0.0980. The van der Waals surface area contributed by atoms with Crippen LogP contribution in [0.4, 0.5) is 17.1 Å². The van der Waals surface area contributed by atoms with Crippen LogP contribution >= 0.6 is 0 Å². The van der Waals surface area contributed by atoms with Crippen molar-refractivity contribution in [3.63, 3.8) is 0 Å². The molecule has 0 amide bonds. The molecule has 0 fully saturated rings. The molecule has 0 N–H and O–H groups in total. The Labute approximate surface area is 312 Å². The van der Waals surface area contributed by atoms with Crippen LogP contribution in [-0.4, -0.2) is 0 Å². The van der Waals surface area contributed by atoms with Gasteiger partial charge in [-0.3, -0.25) is 0 Å². The molecule has 1 nitrogen and oxygen atoms in total. The second kappa shape index (κ2) is 18.7. The molecular formula is C51H49N. The Morgan fingerprint density at radius 3 is 1.85 bits per heavy atom. The number of anilines is 3. The van der Waals surface area contributed by atoms with Gasteiger partial charge in [-0.25, -0.2) is 0 Å². The van der Waals surface area contributed by atoms with E-state index in [0.717, 1.165) is 45.8 Å². The number of nitrogens with zero attached hydrogens (tertiary/aromatic N) is 1. The summed E-state index contributed by atoms with van der Waals surface area (Å²) < 4.78 is 0. The van der Waals surface area contributed by atoms with Crippen molar-refractivity contribution in [3.05, 3.63) is 240 Å². The fourth-order valence-electron chi connectivity index (χ4n) is 6.15. The zero-order valence-corrected chi connectivity index (χ0v) is 31.0. The van der Waals surface area contributed by atoms with Crippen LogP contribution in [0.5, 0.6) is 0 Å². The highest BCUT2D eigenvalue weighted by atomic mass is 15.1. The van der Waals surface area contributed by atoms with Crippen LogP contribution in [0.25, 0.3) is 17.2 Å². The van der Waals surface area contributed by atoms with Crippen LogP contribution in [0.1, 0.15) is 50.8 Å². The number of benzene rings is 3.